The summed E-state index contributed by atoms with van der Waals surface area (Å²) in [6.45, 7) is 5.53. The molecule has 1 atom stereocenters. The van der Waals surface area contributed by atoms with Gasteiger partial charge in [0.1, 0.15) is 11.6 Å². The van der Waals surface area contributed by atoms with E-state index in [-0.39, 0.29) is 11.6 Å². The van der Waals surface area contributed by atoms with E-state index in [1.807, 2.05) is 13.8 Å². The van der Waals surface area contributed by atoms with Gasteiger partial charge in [0.25, 0.3) is 0 Å². The van der Waals surface area contributed by atoms with Crippen LogP contribution in [0.25, 0.3) is 0 Å². The molecule has 0 aliphatic carbocycles. The molecule has 0 aliphatic rings. The van der Waals surface area contributed by atoms with Crippen LogP contribution in [-0.2, 0) is 5.41 Å². The number of benzene rings is 2. The monoisotopic (exact) mass is 276 g/mol. The highest BCUT2D eigenvalue weighted by Gasteiger charge is 2.32. The summed E-state index contributed by atoms with van der Waals surface area (Å²) in [4.78, 5) is 0. The molecule has 2 rings (SSSR count). The molecule has 0 amide bonds. The van der Waals surface area contributed by atoms with E-state index in [4.69, 9.17) is 0 Å². The summed E-state index contributed by atoms with van der Waals surface area (Å²) in [6, 6.07) is 10.4. The van der Waals surface area contributed by atoms with E-state index in [0.717, 1.165) is 5.56 Å². The zero-order valence-electron chi connectivity index (χ0n) is 11.8. The van der Waals surface area contributed by atoms with Crippen LogP contribution in [0.5, 0.6) is 0 Å². The van der Waals surface area contributed by atoms with E-state index in [9.17, 15) is 13.9 Å². The first-order valence-corrected chi connectivity index (χ1v) is 6.52. The molecule has 0 spiro atoms. The van der Waals surface area contributed by atoms with E-state index >= 15 is 0 Å². The Balaban J connectivity index is 2.39. The molecule has 106 valence electrons. The van der Waals surface area contributed by atoms with Gasteiger partial charge in [-0.15, -0.1) is 0 Å². The molecule has 0 aromatic heterocycles. The van der Waals surface area contributed by atoms with E-state index in [1.54, 1.807) is 25.1 Å². The quantitative estimate of drug-likeness (QED) is 0.887. The number of hydrogen-bond acceptors (Lipinski definition) is 1. The van der Waals surface area contributed by atoms with Gasteiger partial charge in [-0.25, -0.2) is 8.78 Å². The molecular weight excluding hydrogens is 258 g/mol. The van der Waals surface area contributed by atoms with Crippen molar-refractivity contribution in [3.05, 3.63) is 70.8 Å². The molecule has 1 nitrogen and oxygen atoms in total. The van der Waals surface area contributed by atoms with Gasteiger partial charge in [0, 0.05) is 5.41 Å². The van der Waals surface area contributed by atoms with Crippen molar-refractivity contribution in [2.45, 2.75) is 32.3 Å². The van der Waals surface area contributed by atoms with Gasteiger partial charge in [-0.05, 0) is 47.9 Å². The second kappa shape index (κ2) is 5.33. The highest BCUT2D eigenvalue weighted by atomic mass is 19.1. The lowest BCUT2D eigenvalue weighted by Crippen LogP contribution is -2.27. The number of aliphatic hydroxyl groups excluding tert-OH is 1. The summed E-state index contributed by atoms with van der Waals surface area (Å²) in [5, 5.41) is 10.6. The number of rotatable bonds is 3. The third-order valence-corrected chi connectivity index (χ3v) is 3.80. The van der Waals surface area contributed by atoms with Crippen LogP contribution in [0.15, 0.2) is 42.5 Å². The molecule has 0 saturated carbocycles. The van der Waals surface area contributed by atoms with Crippen LogP contribution >= 0.6 is 0 Å². The Labute approximate surface area is 117 Å². The van der Waals surface area contributed by atoms with Crippen LogP contribution < -0.4 is 0 Å². The van der Waals surface area contributed by atoms with Gasteiger partial charge in [0.2, 0.25) is 0 Å². The number of aryl methyl sites for hydroxylation is 1. The number of aliphatic hydroxyl groups is 1. The summed E-state index contributed by atoms with van der Waals surface area (Å²) in [6.07, 6.45) is -0.798. The fourth-order valence-corrected chi connectivity index (χ4v) is 2.37. The van der Waals surface area contributed by atoms with Gasteiger partial charge >= 0.3 is 0 Å². The number of hydrogen-bond donors (Lipinski definition) is 1. The summed E-state index contributed by atoms with van der Waals surface area (Å²) < 4.78 is 26.2. The maximum atomic E-state index is 13.2. The predicted octanol–water partition coefficient (Wildman–Crippen LogP) is 4.28. The Bertz CT molecular complexity index is 603. The van der Waals surface area contributed by atoms with Crippen molar-refractivity contribution in [2.75, 3.05) is 0 Å². The Morgan fingerprint density at radius 1 is 0.950 bits per heavy atom. The largest absolute Gasteiger partial charge is 0.387 e. The zero-order valence-corrected chi connectivity index (χ0v) is 11.8. The Hall–Kier alpha value is -1.74. The SMILES string of the molecule is Cc1cc(F)ccc1C(O)C(C)(C)c1ccc(F)cc1. The minimum absolute atomic E-state index is 0.308. The first-order chi connectivity index (χ1) is 9.32. The third kappa shape index (κ3) is 2.73. The van der Waals surface area contributed by atoms with E-state index in [2.05, 4.69) is 0 Å². The first-order valence-electron chi connectivity index (χ1n) is 6.52. The highest BCUT2D eigenvalue weighted by Crippen LogP contribution is 2.38. The first kappa shape index (κ1) is 14.7. The molecule has 3 heteroatoms. The molecule has 0 heterocycles. The summed E-state index contributed by atoms with van der Waals surface area (Å²) in [5.41, 5.74) is 1.61. The lowest BCUT2D eigenvalue weighted by Gasteiger charge is -2.32. The van der Waals surface area contributed by atoms with Crippen LogP contribution in [0.2, 0.25) is 0 Å². The van der Waals surface area contributed by atoms with E-state index < -0.39 is 11.5 Å². The normalized spacial score (nSPS) is 13.3. The standard InChI is InChI=1S/C17H18F2O/c1-11-10-14(19)8-9-15(11)16(20)17(2,3)12-4-6-13(18)7-5-12/h4-10,16,20H,1-3H3. The fraction of sp³-hybridized carbons (Fsp3) is 0.294. The summed E-state index contributed by atoms with van der Waals surface area (Å²) >= 11 is 0. The average Bonchev–Trinajstić information content (AvgIpc) is 2.38. The minimum Gasteiger partial charge on any atom is -0.387 e. The minimum atomic E-state index is -0.798. The second-order valence-electron chi connectivity index (χ2n) is 5.63. The maximum Gasteiger partial charge on any atom is 0.123 e. The van der Waals surface area contributed by atoms with Crippen molar-refractivity contribution in [1.82, 2.24) is 0 Å². The average molecular weight is 276 g/mol. The Morgan fingerprint density at radius 2 is 1.50 bits per heavy atom. The lowest BCUT2D eigenvalue weighted by molar-refractivity contribution is 0.0995. The Kier molecular flexibility index (Phi) is 3.91. The van der Waals surface area contributed by atoms with Crippen molar-refractivity contribution < 1.29 is 13.9 Å². The van der Waals surface area contributed by atoms with Gasteiger partial charge < -0.3 is 5.11 Å². The fourth-order valence-electron chi connectivity index (χ4n) is 2.37. The van der Waals surface area contributed by atoms with Gasteiger partial charge in [-0.2, -0.15) is 0 Å². The van der Waals surface area contributed by atoms with Crippen LogP contribution in [-0.4, -0.2) is 5.11 Å². The van der Waals surface area contributed by atoms with E-state index in [1.165, 1.54) is 24.3 Å². The smallest absolute Gasteiger partial charge is 0.123 e. The molecule has 2 aromatic rings. The predicted molar refractivity (Wildman–Crippen MR) is 75.5 cm³/mol. The van der Waals surface area contributed by atoms with Gasteiger partial charge in [0.05, 0.1) is 6.10 Å². The lowest BCUT2D eigenvalue weighted by atomic mass is 9.76. The van der Waals surface area contributed by atoms with Crippen molar-refractivity contribution in [1.29, 1.82) is 0 Å². The molecule has 0 saturated heterocycles. The molecular formula is C17H18F2O. The molecule has 1 N–H and O–H groups in total. The van der Waals surface area contributed by atoms with Crippen LogP contribution in [0, 0.1) is 18.6 Å². The molecule has 0 fully saturated rings. The molecule has 0 aliphatic heterocycles. The topological polar surface area (TPSA) is 20.2 Å². The molecule has 0 bridgehead atoms. The number of halogens is 2. The van der Waals surface area contributed by atoms with Gasteiger partial charge in [0.15, 0.2) is 0 Å². The molecule has 1 unspecified atom stereocenters. The van der Waals surface area contributed by atoms with Crippen LogP contribution in [0.3, 0.4) is 0 Å². The van der Waals surface area contributed by atoms with Gasteiger partial charge in [-0.3, -0.25) is 0 Å². The Morgan fingerprint density at radius 3 is 2.05 bits per heavy atom. The maximum absolute atomic E-state index is 13.2. The zero-order chi connectivity index (χ0) is 14.9. The van der Waals surface area contributed by atoms with Crippen molar-refractivity contribution >= 4 is 0 Å². The van der Waals surface area contributed by atoms with E-state index in [0.29, 0.717) is 11.1 Å². The van der Waals surface area contributed by atoms with Crippen molar-refractivity contribution in [3.8, 4) is 0 Å². The summed E-state index contributed by atoms with van der Waals surface area (Å²) in [7, 11) is 0. The molecule has 0 radical (unpaired) electrons. The van der Waals surface area contributed by atoms with Crippen molar-refractivity contribution in [2.24, 2.45) is 0 Å². The van der Waals surface area contributed by atoms with Gasteiger partial charge in [-0.1, -0.05) is 32.0 Å². The second-order valence-corrected chi connectivity index (χ2v) is 5.63. The van der Waals surface area contributed by atoms with Crippen molar-refractivity contribution in [3.63, 3.8) is 0 Å². The molecule has 2 aromatic carbocycles. The third-order valence-electron chi connectivity index (χ3n) is 3.80. The van der Waals surface area contributed by atoms with Crippen LogP contribution in [0.4, 0.5) is 8.78 Å². The molecule has 20 heavy (non-hydrogen) atoms. The highest BCUT2D eigenvalue weighted by molar-refractivity contribution is 5.35. The summed E-state index contributed by atoms with van der Waals surface area (Å²) in [5.74, 6) is -0.630. The van der Waals surface area contributed by atoms with Crippen LogP contribution in [0.1, 0.15) is 36.6 Å².